The summed E-state index contributed by atoms with van der Waals surface area (Å²) < 4.78 is 1.19. The molecular formula is C9H15N2O+. The molecule has 0 fully saturated rings. The van der Waals surface area contributed by atoms with Gasteiger partial charge in [-0.1, -0.05) is 0 Å². The molecule has 1 aromatic rings. The van der Waals surface area contributed by atoms with Gasteiger partial charge in [-0.25, -0.2) is 0 Å². The summed E-state index contributed by atoms with van der Waals surface area (Å²) in [5.74, 6) is 0. The van der Waals surface area contributed by atoms with Crippen molar-refractivity contribution < 1.29 is 9.94 Å². The average molecular weight is 167 g/mol. The van der Waals surface area contributed by atoms with Gasteiger partial charge in [-0.3, -0.25) is 5.21 Å². The van der Waals surface area contributed by atoms with E-state index in [4.69, 9.17) is 0 Å². The first kappa shape index (κ1) is 8.84. The Morgan fingerprint density at radius 2 is 1.58 bits per heavy atom. The Balaban J connectivity index is 3.21. The summed E-state index contributed by atoms with van der Waals surface area (Å²) in [6.45, 7) is 3.75. The molecular weight excluding hydrogens is 152 g/mol. The van der Waals surface area contributed by atoms with Crippen molar-refractivity contribution in [2.45, 2.75) is 13.8 Å². The van der Waals surface area contributed by atoms with E-state index in [2.05, 4.69) is 0 Å². The highest BCUT2D eigenvalue weighted by Crippen LogP contribution is 2.11. The maximum Gasteiger partial charge on any atom is 0.233 e. The summed E-state index contributed by atoms with van der Waals surface area (Å²) in [4.78, 5) is 2.01. The van der Waals surface area contributed by atoms with Gasteiger partial charge in [0.25, 0.3) is 0 Å². The largest absolute Gasteiger partial charge is 0.377 e. The topological polar surface area (TPSA) is 27.4 Å². The minimum atomic E-state index is 0.846. The Labute approximate surface area is 72.8 Å². The zero-order chi connectivity index (χ0) is 9.30. The number of aryl methyl sites for hydroxylation is 2. The van der Waals surface area contributed by atoms with Crippen LogP contribution in [0.1, 0.15) is 11.4 Å². The molecule has 0 aliphatic rings. The Morgan fingerprint density at radius 3 is 1.92 bits per heavy atom. The lowest BCUT2D eigenvalue weighted by atomic mass is 10.2. The molecule has 3 heteroatoms. The number of rotatable bonds is 1. The van der Waals surface area contributed by atoms with Crippen molar-refractivity contribution in [1.82, 2.24) is 0 Å². The van der Waals surface area contributed by atoms with Crippen molar-refractivity contribution in [2.24, 2.45) is 0 Å². The van der Waals surface area contributed by atoms with Crippen LogP contribution in [0, 0.1) is 13.8 Å². The van der Waals surface area contributed by atoms with Crippen LogP contribution in [0.25, 0.3) is 0 Å². The summed E-state index contributed by atoms with van der Waals surface area (Å²) in [6, 6.07) is 3.88. The highest BCUT2D eigenvalue weighted by Gasteiger charge is 2.11. The quantitative estimate of drug-likeness (QED) is 0.497. The third kappa shape index (κ3) is 1.49. The number of nitrogens with zero attached hydrogens (tertiary/aromatic N) is 2. The molecule has 0 saturated carbocycles. The zero-order valence-corrected chi connectivity index (χ0v) is 8.00. The van der Waals surface area contributed by atoms with Crippen molar-refractivity contribution >= 4 is 5.69 Å². The second-order valence-electron chi connectivity index (χ2n) is 3.20. The van der Waals surface area contributed by atoms with E-state index in [0.717, 1.165) is 17.1 Å². The van der Waals surface area contributed by atoms with Crippen LogP contribution in [0.2, 0.25) is 0 Å². The van der Waals surface area contributed by atoms with Crippen molar-refractivity contribution in [1.29, 1.82) is 0 Å². The Bertz CT molecular complexity index is 272. The summed E-state index contributed by atoms with van der Waals surface area (Å²) in [7, 11) is 3.96. The molecule has 0 amide bonds. The van der Waals surface area contributed by atoms with Crippen LogP contribution in [0.4, 0.5) is 5.69 Å². The molecule has 0 spiro atoms. The first-order valence-corrected chi connectivity index (χ1v) is 3.92. The van der Waals surface area contributed by atoms with Crippen molar-refractivity contribution in [3.8, 4) is 0 Å². The second kappa shape index (κ2) is 3.01. The molecule has 1 aromatic heterocycles. The van der Waals surface area contributed by atoms with Gasteiger partial charge in [0, 0.05) is 50.5 Å². The lowest BCUT2D eigenvalue weighted by Gasteiger charge is -2.11. The fourth-order valence-electron chi connectivity index (χ4n) is 1.13. The summed E-state index contributed by atoms with van der Waals surface area (Å²) in [6.07, 6.45) is 0. The molecule has 1 N–H and O–H groups in total. The van der Waals surface area contributed by atoms with E-state index in [-0.39, 0.29) is 0 Å². The van der Waals surface area contributed by atoms with E-state index in [1.165, 1.54) is 4.73 Å². The molecule has 12 heavy (non-hydrogen) atoms. The summed E-state index contributed by atoms with van der Waals surface area (Å²) in [5, 5.41) is 9.41. The van der Waals surface area contributed by atoms with Gasteiger partial charge in [0.15, 0.2) is 0 Å². The number of anilines is 1. The smallest absolute Gasteiger partial charge is 0.233 e. The van der Waals surface area contributed by atoms with Crippen molar-refractivity contribution in [3.05, 3.63) is 23.5 Å². The molecule has 0 bridgehead atoms. The van der Waals surface area contributed by atoms with Crippen LogP contribution in [0.3, 0.4) is 0 Å². The van der Waals surface area contributed by atoms with Crippen LogP contribution in [-0.4, -0.2) is 19.3 Å². The fraction of sp³-hybridized carbons (Fsp3) is 0.444. The molecule has 0 aliphatic heterocycles. The van der Waals surface area contributed by atoms with E-state index >= 15 is 0 Å². The van der Waals surface area contributed by atoms with Crippen molar-refractivity contribution in [2.75, 3.05) is 19.0 Å². The van der Waals surface area contributed by atoms with Gasteiger partial charge in [-0.2, -0.15) is 0 Å². The predicted molar refractivity (Wildman–Crippen MR) is 47.6 cm³/mol. The lowest BCUT2D eigenvalue weighted by Crippen LogP contribution is -2.37. The van der Waals surface area contributed by atoms with Gasteiger partial charge >= 0.3 is 0 Å². The maximum absolute atomic E-state index is 9.41. The van der Waals surface area contributed by atoms with E-state index in [1.807, 2.05) is 45.0 Å². The number of aromatic nitrogens is 1. The SMILES string of the molecule is Cc1cc(N(C)C)cc(C)[n+]1O. The monoisotopic (exact) mass is 167 g/mol. The molecule has 66 valence electrons. The highest BCUT2D eigenvalue weighted by atomic mass is 16.5. The van der Waals surface area contributed by atoms with Gasteiger partial charge in [0.2, 0.25) is 11.4 Å². The molecule has 0 saturated heterocycles. The molecule has 0 atom stereocenters. The first-order chi connectivity index (χ1) is 5.52. The van der Waals surface area contributed by atoms with Crippen LogP contribution in [0.15, 0.2) is 12.1 Å². The Kier molecular flexibility index (Phi) is 2.22. The molecule has 0 unspecified atom stereocenters. The molecule has 3 nitrogen and oxygen atoms in total. The lowest BCUT2D eigenvalue weighted by molar-refractivity contribution is -0.912. The third-order valence-corrected chi connectivity index (χ3v) is 1.90. The van der Waals surface area contributed by atoms with Crippen LogP contribution in [-0.2, 0) is 0 Å². The van der Waals surface area contributed by atoms with Crippen molar-refractivity contribution in [3.63, 3.8) is 0 Å². The van der Waals surface area contributed by atoms with Gasteiger partial charge < -0.3 is 4.90 Å². The molecule has 0 aromatic carbocycles. The molecule has 1 rings (SSSR count). The Morgan fingerprint density at radius 1 is 1.17 bits per heavy atom. The van der Waals surface area contributed by atoms with Gasteiger partial charge in [0.1, 0.15) is 0 Å². The number of hydrogen-bond donors (Lipinski definition) is 1. The fourth-order valence-corrected chi connectivity index (χ4v) is 1.13. The van der Waals surface area contributed by atoms with Gasteiger partial charge in [0.05, 0.1) is 0 Å². The average Bonchev–Trinajstić information content (AvgIpc) is 1.99. The van der Waals surface area contributed by atoms with Gasteiger partial charge in [-0.05, 0) is 0 Å². The van der Waals surface area contributed by atoms with Crippen LogP contribution >= 0.6 is 0 Å². The van der Waals surface area contributed by atoms with E-state index in [0.29, 0.717) is 0 Å². The second-order valence-corrected chi connectivity index (χ2v) is 3.20. The van der Waals surface area contributed by atoms with E-state index in [9.17, 15) is 5.21 Å². The zero-order valence-electron chi connectivity index (χ0n) is 8.00. The van der Waals surface area contributed by atoms with E-state index in [1.54, 1.807) is 0 Å². The van der Waals surface area contributed by atoms with Crippen LogP contribution in [0.5, 0.6) is 0 Å². The molecule has 0 radical (unpaired) electrons. The number of pyridine rings is 1. The third-order valence-electron chi connectivity index (χ3n) is 1.90. The van der Waals surface area contributed by atoms with Gasteiger partial charge in [-0.15, -0.1) is 0 Å². The minimum Gasteiger partial charge on any atom is -0.377 e. The summed E-state index contributed by atoms with van der Waals surface area (Å²) in [5.41, 5.74) is 2.80. The molecule has 1 heterocycles. The Hall–Kier alpha value is -1.25. The number of hydrogen-bond acceptors (Lipinski definition) is 2. The highest BCUT2D eigenvalue weighted by molar-refractivity contribution is 5.44. The maximum atomic E-state index is 9.41. The normalized spacial score (nSPS) is 10.0. The van der Waals surface area contributed by atoms with E-state index < -0.39 is 0 Å². The minimum absolute atomic E-state index is 0.846. The standard InChI is InChI=1S/C9H15N2O/c1-7-5-9(10(3)4)6-8(2)11(7)12/h5-6,12H,1-4H3/q+1. The summed E-state index contributed by atoms with van der Waals surface area (Å²) >= 11 is 0. The van der Waals surface area contributed by atoms with Crippen LogP contribution < -0.4 is 9.63 Å². The predicted octanol–water partition coefficient (Wildman–Crippen LogP) is 0.894. The molecule has 0 aliphatic carbocycles. The first-order valence-electron chi connectivity index (χ1n) is 3.92.